The van der Waals surface area contributed by atoms with Gasteiger partial charge in [0.05, 0.1) is 15.5 Å². The van der Waals surface area contributed by atoms with Crippen molar-refractivity contribution in [2.75, 3.05) is 29.7 Å². The molecule has 0 saturated carbocycles. The van der Waals surface area contributed by atoms with Crippen LogP contribution in [0.4, 0.5) is 15.6 Å². The van der Waals surface area contributed by atoms with Crippen molar-refractivity contribution >= 4 is 38.2 Å². The first kappa shape index (κ1) is 25.0. The minimum absolute atomic E-state index is 0.0457. The zero-order valence-electron chi connectivity index (χ0n) is 19.5. The molecule has 1 fully saturated rings. The van der Waals surface area contributed by atoms with Crippen molar-refractivity contribution in [1.82, 2.24) is 9.88 Å². The maximum absolute atomic E-state index is 13.1. The van der Waals surface area contributed by atoms with Crippen LogP contribution in [0.1, 0.15) is 24.1 Å². The summed E-state index contributed by atoms with van der Waals surface area (Å²) in [6.45, 7) is 4.85. The van der Waals surface area contributed by atoms with Crippen LogP contribution in [-0.4, -0.2) is 54.2 Å². The molecule has 1 aliphatic heterocycles. The SMILES string of the molecule is Cc1ccc(-c2sc(NC(=O)N3CCC(CO)CC3)nc2C)cc1S(=O)(=O)Nc1ccc(O)cc1. The number of likely N-dealkylation sites (tertiary alicyclic amines) is 1. The fourth-order valence-corrected chi connectivity index (χ4v) is 6.26. The molecule has 11 heteroatoms. The van der Waals surface area contributed by atoms with Crippen LogP contribution in [-0.2, 0) is 10.0 Å². The lowest BCUT2D eigenvalue weighted by Gasteiger charge is -2.30. The largest absolute Gasteiger partial charge is 0.508 e. The van der Waals surface area contributed by atoms with Gasteiger partial charge in [-0.3, -0.25) is 10.0 Å². The number of anilines is 2. The molecular formula is C24H28N4O5S2. The minimum Gasteiger partial charge on any atom is -0.508 e. The number of nitrogens with zero attached hydrogens (tertiary/aromatic N) is 2. The standard InChI is InChI=1S/C24H28N4O5S2/c1-15-3-4-18(13-21(15)35(32,33)27-19-5-7-20(30)8-6-19)22-16(2)25-23(34-22)26-24(31)28-11-9-17(14-29)10-12-28/h3-8,13,17,27,29-30H,9-12,14H2,1-2H3,(H,25,26,31). The van der Waals surface area contributed by atoms with E-state index in [9.17, 15) is 23.4 Å². The van der Waals surface area contributed by atoms with E-state index in [1.807, 2.05) is 13.0 Å². The number of urea groups is 1. The molecule has 0 radical (unpaired) electrons. The van der Waals surface area contributed by atoms with E-state index in [0.29, 0.717) is 40.7 Å². The molecule has 1 aromatic heterocycles. The number of hydrogen-bond donors (Lipinski definition) is 4. The average Bonchev–Trinajstić information content (AvgIpc) is 3.20. The number of nitrogens with one attached hydrogen (secondary N) is 2. The number of thiazole rings is 1. The molecule has 0 atom stereocenters. The molecule has 0 unspecified atom stereocenters. The molecular weight excluding hydrogens is 488 g/mol. The number of sulfonamides is 1. The van der Waals surface area contributed by atoms with Crippen LogP contribution in [0, 0.1) is 19.8 Å². The molecule has 1 saturated heterocycles. The average molecular weight is 517 g/mol. The molecule has 0 aliphatic carbocycles. The lowest BCUT2D eigenvalue weighted by atomic mass is 9.98. The number of hydrogen-bond acceptors (Lipinski definition) is 7. The lowest BCUT2D eigenvalue weighted by Crippen LogP contribution is -2.41. The highest BCUT2D eigenvalue weighted by Crippen LogP contribution is 2.35. The molecule has 9 nitrogen and oxygen atoms in total. The zero-order valence-corrected chi connectivity index (χ0v) is 21.1. The second-order valence-electron chi connectivity index (χ2n) is 8.61. The highest BCUT2D eigenvalue weighted by Gasteiger charge is 2.24. The third-order valence-electron chi connectivity index (χ3n) is 6.03. The Labute approximate surface area is 208 Å². The maximum atomic E-state index is 13.1. The van der Waals surface area contributed by atoms with Crippen molar-refractivity contribution < 1.29 is 23.4 Å². The number of amides is 2. The lowest BCUT2D eigenvalue weighted by molar-refractivity contribution is 0.143. The van der Waals surface area contributed by atoms with Crippen molar-refractivity contribution in [2.24, 2.45) is 5.92 Å². The summed E-state index contributed by atoms with van der Waals surface area (Å²) in [6.07, 6.45) is 1.54. The molecule has 2 heterocycles. The molecule has 0 spiro atoms. The van der Waals surface area contributed by atoms with Gasteiger partial charge in [0.25, 0.3) is 10.0 Å². The van der Waals surface area contributed by atoms with Gasteiger partial charge in [-0.25, -0.2) is 18.2 Å². The second kappa shape index (κ2) is 10.2. The summed E-state index contributed by atoms with van der Waals surface area (Å²) in [5.74, 6) is 0.285. The Hall–Kier alpha value is -3.15. The first-order valence-corrected chi connectivity index (χ1v) is 13.5. The number of carbonyl (C=O) groups is 1. The summed E-state index contributed by atoms with van der Waals surface area (Å²) < 4.78 is 28.7. The number of aromatic nitrogens is 1. The fraction of sp³-hybridized carbons (Fsp3) is 0.333. The molecule has 0 bridgehead atoms. The van der Waals surface area contributed by atoms with Crippen LogP contribution in [0.2, 0.25) is 0 Å². The number of phenols is 1. The van der Waals surface area contributed by atoms with Crippen molar-refractivity contribution in [3.63, 3.8) is 0 Å². The third-order valence-corrected chi connectivity index (χ3v) is 8.67. The molecule has 186 valence electrons. The maximum Gasteiger partial charge on any atom is 0.323 e. The van der Waals surface area contributed by atoms with Gasteiger partial charge in [-0.2, -0.15) is 0 Å². The van der Waals surface area contributed by atoms with Gasteiger partial charge in [0.2, 0.25) is 0 Å². The third kappa shape index (κ3) is 5.75. The van der Waals surface area contributed by atoms with Crippen LogP contribution >= 0.6 is 11.3 Å². The van der Waals surface area contributed by atoms with Crippen LogP contribution in [0.5, 0.6) is 5.75 Å². The predicted molar refractivity (Wildman–Crippen MR) is 136 cm³/mol. The Bertz CT molecular complexity index is 1310. The Balaban J connectivity index is 1.53. The van der Waals surface area contributed by atoms with E-state index >= 15 is 0 Å². The van der Waals surface area contributed by atoms with Gasteiger partial charge >= 0.3 is 6.03 Å². The topological polar surface area (TPSA) is 132 Å². The van der Waals surface area contributed by atoms with Crippen molar-refractivity contribution in [3.8, 4) is 16.2 Å². The fourth-order valence-electron chi connectivity index (χ4n) is 3.98. The summed E-state index contributed by atoms with van der Waals surface area (Å²) in [5.41, 5.74) is 2.29. The predicted octanol–water partition coefficient (Wildman–Crippen LogP) is 4.17. The Morgan fingerprint density at radius 2 is 1.83 bits per heavy atom. The van der Waals surface area contributed by atoms with Crippen molar-refractivity contribution in [3.05, 3.63) is 53.7 Å². The number of aliphatic hydroxyl groups excluding tert-OH is 1. The van der Waals surface area contributed by atoms with Crippen molar-refractivity contribution in [1.29, 1.82) is 0 Å². The number of benzene rings is 2. The molecule has 4 rings (SSSR count). The monoisotopic (exact) mass is 516 g/mol. The number of aliphatic hydroxyl groups is 1. The number of aryl methyl sites for hydroxylation is 2. The van der Waals surface area contributed by atoms with Crippen LogP contribution in [0.15, 0.2) is 47.4 Å². The zero-order chi connectivity index (χ0) is 25.2. The van der Waals surface area contributed by atoms with Gasteiger partial charge in [0, 0.05) is 25.4 Å². The molecule has 35 heavy (non-hydrogen) atoms. The van der Waals surface area contributed by atoms with Gasteiger partial charge in [0.1, 0.15) is 5.75 Å². The molecule has 4 N–H and O–H groups in total. The molecule has 3 aromatic rings. The van der Waals surface area contributed by atoms with Crippen LogP contribution in [0.3, 0.4) is 0 Å². The summed E-state index contributed by atoms with van der Waals surface area (Å²) in [4.78, 5) is 19.7. The van der Waals surface area contributed by atoms with E-state index in [1.54, 1.807) is 24.0 Å². The van der Waals surface area contributed by atoms with Gasteiger partial charge in [-0.15, -0.1) is 0 Å². The Morgan fingerprint density at radius 1 is 1.14 bits per heavy atom. The van der Waals surface area contributed by atoms with E-state index < -0.39 is 10.0 Å². The Morgan fingerprint density at radius 3 is 2.49 bits per heavy atom. The van der Waals surface area contributed by atoms with Gasteiger partial charge < -0.3 is 15.1 Å². The minimum atomic E-state index is -3.88. The summed E-state index contributed by atoms with van der Waals surface area (Å²) in [5, 5.41) is 22.0. The number of rotatable bonds is 6. The van der Waals surface area contributed by atoms with E-state index in [0.717, 1.165) is 17.7 Å². The summed E-state index contributed by atoms with van der Waals surface area (Å²) >= 11 is 1.29. The molecule has 2 amide bonds. The quantitative estimate of drug-likeness (QED) is 0.364. The van der Waals surface area contributed by atoms with Gasteiger partial charge in [0.15, 0.2) is 5.13 Å². The van der Waals surface area contributed by atoms with Crippen LogP contribution < -0.4 is 10.0 Å². The number of piperidine rings is 1. The summed E-state index contributed by atoms with van der Waals surface area (Å²) in [6, 6.07) is 10.7. The first-order valence-electron chi connectivity index (χ1n) is 11.2. The van der Waals surface area contributed by atoms with Gasteiger partial charge in [-0.1, -0.05) is 23.5 Å². The smallest absolute Gasteiger partial charge is 0.323 e. The first-order chi connectivity index (χ1) is 16.7. The van der Waals surface area contributed by atoms with Crippen molar-refractivity contribution in [2.45, 2.75) is 31.6 Å². The number of phenolic OH excluding ortho intramolecular Hbond substituents is 1. The summed E-state index contributed by atoms with van der Waals surface area (Å²) in [7, 11) is -3.88. The molecule has 1 aliphatic rings. The number of aromatic hydroxyl groups is 1. The van der Waals surface area contributed by atoms with Gasteiger partial charge in [-0.05, 0) is 74.1 Å². The molecule has 2 aromatic carbocycles. The van der Waals surface area contributed by atoms with E-state index in [2.05, 4.69) is 15.0 Å². The highest BCUT2D eigenvalue weighted by atomic mass is 32.2. The second-order valence-corrected chi connectivity index (χ2v) is 11.3. The van der Waals surface area contributed by atoms with Crippen LogP contribution in [0.25, 0.3) is 10.4 Å². The highest BCUT2D eigenvalue weighted by molar-refractivity contribution is 7.92. The van der Waals surface area contributed by atoms with E-state index in [1.165, 1.54) is 35.6 Å². The normalized spacial score (nSPS) is 14.7. The van der Waals surface area contributed by atoms with E-state index in [-0.39, 0.29) is 29.2 Å². The Kier molecular flexibility index (Phi) is 7.29. The number of carbonyl (C=O) groups excluding carboxylic acids is 1. The van der Waals surface area contributed by atoms with E-state index in [4.69, 9.17) is 0 Å².